The topological polar surface area (TPSA) is 21.3 Å². The lowest BCUT2D eigenvalue weighted by Crippen LogP contribution is -2.51. The van der Waals surface area contributed by atoms with Crippen molar-refractivity contribution in [3.05, 3.63) is 0 Å². The fourth-order valence-corrected chi connectivity index (χ4v) is 4.32. The van der Waals surface area contributed by atoms with E-state index in [0.29, 0.717) is 17.6 Å². The van der Waals surface area contributed by atoms with Gasteiger partial charge in [0.1, 0.15) is 0 Å². The Hall–Kier alpha value is -0.0800. The van der Waals surface area contributed by atoms with Crippen molar-refractivity contribution in [1.29, 1.82) is 0 Å². The summed E-state index contributed by atoms with van der Waals surface area (Å²) in [5, 5.41) is 4.02. The van der Waals surface area contributed by atoms with Gasteiger partial charge in [0.2, 0.25) is 0 Å². The Morgan fingerprint density at radius 1 is 0.895 bits per heavy atom. The van der Waals surface area contributed by atoms with E-state index in [9.17, 15) is 0 Å². The van der Waals surface area contributed by atoms with E-state index in [1.165, 1.54) is 44.9 Å². The molecule has 2 heteroatoms. The molecule has 1 saturated heterocycles. The van der Waals surface area contributed by atoms with E-state index in [2.05, 4.69) is 26.1 Å². The van der Waals surface area contributed by atoms with Crippen LogP contribution in [-0.4, -0.2) is 24.8 Å². The maximum Gasteiger partial charge on any atom is 0.0757 e. The average Bonchev–Trinajstić information content (AvgIpc) is 3.10. The van der Waals surface area contributed by atoms with Crippen molar-refractivity contribution < 1.29 is 4.74 Å². The number of ether oxygens (including phenoxy) is 1. The molecule has 3 aliphatic rings. The molecule has 0 radical (unpaired) electrons. The van der Waals surface area contributed by atoms with Crippen molar-refractivity contribution in [2.75, 3.05) is 6.61 Å². The Morgan fingerprint density at radius 3 is 2.32 bits per heavy atom. The molecule has 0 bridgehead atoms. The first-order chi connectivity index (χ1) is 9.05. The van der Waals surface area contributed by atoms with Gasteiger partial charge < -0.3 is 10.1 Å². The molecule has 19 heavy (non-hydrogen) atoms. The minimum absolute atomic E-state index is 0.437. The van der Waals surface area contributed by atoms with Crippen LogP contribution in [0.2, 0.25) is 0 Å². The summed E-state index contributed by atoms with van der Waals surface area (Å²) >= 11 is 0. The molecule has 1 aliphatic heterocycles. The highest BCUT2D eigenvalue weighted by atomic mass is 16.5. The molecule has 4 unspecified atom stereocenters. The molecule has 0 spiro atoms. The predicted molar refractivity (Wildman–Crippen MR) is 79.2 cm³/mol. The average molecular weight is 265 g/mol. The minimum atomic E-state index is 0.437. The lowest BCUT2D eigenvalue weighted by molar-refractivity contribution is 0.0652. The van der Waals surface area contributed by atoms with E-state index in [1.54, 1.807) is 0 Å². The molecule has 4 atom stereocenters. The Kier molecular flexibility index (Phi) is 3.92. The highest BCUT2D eigenvalue weighted by molar-refractivity contribution is 4.97. The van der Waals surface area contributed by atoms with Crippen molar-refractivity contribution in [1.82, 2.24) is 5.32 Å². The molecule has 1 N–H and O–H groups in total. The van der Waals surface area contributed by atoms with Gasteiger partial charge in [-0.15, -0.1) is 0 Å². The van der Waals surface area contributed by atoms with Crippen molar-refractivity contribution in [3.63, 3.8) is 0 Å². The highest BCUT2D eigenvalue weighted by Gasteiger charge is 2.43. The van der Waals surface area contributed by atoms with E-state index in [4.69, 9.17) is 4.74 Å². The van der Waals surface area contributed by atoms with Crippen LogP contribution in [0.25, 0.3) is 0 Å². The summed E-state index contributed by atoms with van der Waals surface area (Å²) in [5.41, 5.74) is 0.437. The van der Waals surface area contributed by atoms with Crippen LogP contribution in [-0.2, 0) is 4.74 Å². The molecule has 0 aromatic carbocycles. The molecule has 1 heterocycles. The highest BCUT2D eigenvalue weighted by Crippen LogP contribution is 2.41. The summed E-state index contributed by atoms with van der Waals surface area (Å²) in [5.74, 6) is 1.71. The van der Waals surface area contributed by atoms with Gasteiger partial charge in [0, 0.05) is 18.7 Å². The van der Waals surface area contributed by atoms with Gasteiger partial charge in [-0.2, -0.15) is 0 Å². The van der Waals surface area contributed by atoms with Crippen LogP contribution < -0.4 is 5.32 Å². The van der Waals surface area contributed by atoms with Crippen LogP contribution in [0.5, 0.6) is 0 Å². The van der Waals surface area contributed by atoms with Gasteiger partial charge in [-0.25, -0.2) is 0 Å². The SMILES string of the molecule is CC(C)(C)C1CCCCC1NC1CCOC1C1CC1. The number of hydrogen-bond donors (Lipinski definition) is 1. The van der Waals surface area contributed by atoms with Crippen LogP contribution >= 0.6 is 0 Å². The second-order valence-electron chi connectivity index (χ2n) is 8.10. The Labute approximate surface area is 118 Å². The zero-order chi connectivity index (χ0) is 13.5. The molecule has 2 nitrogen and oxygen atoms in total. The van der Waals surface area contributed by atoms with E-state index in [1.807, 2.05) is 0 Å². The van der Waals surface area contributed by atoms with Gasteiger partial charge in [-0.1, -0.05) is 33.6 Å². The van der Waals surface area contributed by atoms with Crippen molar-refractivity contribution in [3.8, 4) is 0 Å². The molecular formula is C17H31NO. The van der Waals surface area contributed by atoms with Gasteiger partial charge in [-0.3, -0.25) is 0 Å². The van der Waals surface area contributed by atoms with Crippen molar-refractivity contribution in [2.24, 2.45) is 17.3 Å². The maximum absolute atomic E-state index is 5.99. The van der Waals surface area contributed by atoms with E-state index in [-0.39, 0.29) is 0 Å². The summed E-state index contributed by atoms with van der Waals surface area (Å²) in [7, 11) is 0. The Balaban J connectivity index is 1.63. The zero-order valence-electron chi connectivity index (χ0n) is 13.0. The second-order valence-corrected chi connectivity index (χ2v) is 8.10. The molecule has 2 aliphatic carbocycles. The fraction of sp³-hybridized carbons (Fsp3) is 1.00. The molecule has 2 saturated carbocycles. The molecular weight excluding hydrogens is 234 g/mol. The van der Waals surface area contributed by atoms with Gasteiger partial charge >= 0.3 is 0 Å². The summed E-state index contributed by atoms with van der Waals surface area (Å²) in [6.45, 7) is 8.23. The summed E-state index contributed by atoms with van der Waals surface area (Å²) in [4.78, 5) is 0. The smallest absolute Gasteiger partial charge is 0.0757 e. The standard InChI is InChI=1S/C17H31NO/c1-17(2,3)13-6-4-5-7-14(13)18-15-10-11-19-16(15)12-8-9-12/h12-16,18H,4-11H2,1-3H3. The third-order valence-corrected chi connectivity index (χ3v) is 5.53. The Morgan fingerprint density at radius 2 is 1.63 bits per heavy atom. The first-order valence-corrected chi connectivity index (χ1v) is 8.43. The minimum Gasteiger partial charge on any atom is -0.376 e. The third kappa shape index (κ3) is 3.16. The van der Waals surface area contributed by atoms with E-state index < -0.39 is 0 Å². The molecule has 3 rings (SSSR count). The number of hydrogen-bond acceptors (Lipinski definition) is 2. The molecule has 0 amide bonds. The maximum atomic E-state index is 5.99. The second kappa shape index (κ2) is 5.37. The molecule has 110 valence electrons. The van der Waals surface area contributed by atoms with Gasteiger partial charge in [0.15, 0.2) is 0 Å². The quantitative estimate of drug-likeness (QED) is 0.839. The normalized spacial score (nSPS) is 40.6. The van der Waals surface area contributed by atoms with Crippen LogP contribution in [0.1, 0.15) is 65.7 Å². The monoisotopic (exact) mass is 265 g/mol. The summed E-state index contributed by atoms with van der Waals surface area (Å²) < 4.78 is 5.99. The van der Waals surface area contributed by atoms with Gasteiger partial charge in [0.25, 0.3) is 0 Å². The third-order valence-electron chi connectivity index (χ3n) is 5.53. The molecule has 3 fully saturated rings. The van der Waals surface area contributed by atoms with E-state index >= 15 is 0 Å². The summed E-state index contributed by atoms with van der Waals surface area (Å²) in [6, 6.07) is 1.36. The van der Waals surface area contributed by atoms with Crippen molar-refractivity contribution >= 4 is 0 Å². The molecule has 0 aromatic heterocycles. The Bertz CT molecular complexity index is 305. The number of nitrogens with one attached hydrogen (secondary N) is 1. The van der Waals surface area contributed by atoms with Crippen molar-refractivity contribution in [2.45, 2.75) is 83.9 Å². The van der Waals surface area contributed by atoms with Crippen LogP contribution in [0, 0.1) is 17.3 Å². The van der Waals surface area contributed by atoms with Crippen LogP contribution in [0.4, 0.5) is 0 Å². The van der Waals surface area contributed by atoms with E-state index in [0.717, 1.165) is 24.5 Å². The fourth-order valence-electron chi connectivity index (χ4n) is 4.32. The van der Waals surface area contributed by atoms with Crippen LogP contribution in [0.15, 0.2) is 0 Å². The molecule has 0 aromatic rings. The lowest BCUT2D eigenvalue weighted by Gasteiger charge is -2.42. The first-order valence-electron chi connectivity index (χ1n) is 8.43. The van der Waals surface area contributed by atoms with Gasteiger partial charge in [-0.05, 0) is 49.4 Å². The van der Waals surface area contributed by atoms with Crippen LogP contribution in [0.3, 0.4) is 0 Å². The zero-order valence-corrected chi connectivity index (χ0v) is 13.0. The largest absolute Gasteiger partial charge is 0.376 e. The summed E-state index contributed by atoms with van der Waals surface area (Å²) in [6.07, 6.45) is 10.2. The van der Waals surface area contributed by atoms with Gasteiger partial charge in [0.05, 0.1) is 6.10 Å². The predicted octanol–water partition coefficient (Wildman–Crippen LogP) is 3.75. The lowest BCUT2D eigenvalue weighted by atomic mass is 9.69. The first kappa shape index (κ1) is 13.9. The number of rotatable bonds is 3.